The Hall–Kier alpha value is -2.51. The van der Waals surface area contributed by atoms with Crippen LogP contribution >= 0.6 is 0 Å². The number of aliphatic hydroxyl groups is 1. The highest BCUT2D eigenvalue weighted by Gasteiger charge is 2.56. The van der Waals surface area contributed by atoms with Gasteiger partial charge in [-0.1, -0.05) is 51.4 Å². The minimum atomic E-state index is -5.67. The molecule has 0 saturated heterocycles. The molecule has 16 heteroatoms. The largest absolute Gasteiger partial charge is 0.453 e. The Morgan fingerprint density at radius 3 is 1.91 bits per heavy atom. The van der Waals surface area contributed by atoms with Crippen LogP contribution in [0.15, 0.2) is 18.2 Å². The number of carbonyl (C=O) groups excluding carboxylic acids is 1. The van der Waals surface area contributed by atoms with Gasteiger partial charge in [-0.15, -0.1) is 0 Å². The van der Waals surface area contributed by atoms with Crippen molar-refractivity contribution in [1.29, 1.82) is 5.26 Å². The Balaban J connectivity index is 2.20. The molecule has 0 saturated carbocycles. The van der Waals surface area contributed by atoms with Gasteiger partial charge in [-0.25, -0.2) is 13.1 Å². The average molecular weight is 652 g/mol. The smallest absolute Gasteiger partial charge is 0.380 e. The predicted molar refractivity (Wildman–Crippen MR) is 144 cm³/mol. The fraction of sp³-hybridized carbons (Fsp3) is 0.704. The Bertz CT molecular complexity index is 1180. The minimum absolute atomic E-state index is 0.0779. The van der Waals surface area contributed by atoms with Crippen LogP contribution in [0.5, 0.6) is 0 Å². The lowest BCUT2D eigenvalue weighted by atomic mass is 9.96. The number of sulfonamides is 1. The zero-order valence-corrected chi connectivity index (χ0v) is 24.5. The number of nitrogens with zero attached hydrogens (tertiary/aromatic N) is 1. The molecular formula is C27H37F8N3O4S. The molecule has 0 aliphatic heterocycles. The number of anilines is 1. The average Bonchev–Trinajstić information content (AvgIpc) is 2.88. The molecule has 43 heavy (non-hydrogen) atoms. The minimum Gasteiger partial charge on any atom is -0.380 e. The van der Waals surface area contributed by atoms with E-state index in [0.29, 0.717) is 31.7 Å². The normalized spacial score (nSPS) is 14.3. The monoisotopic (exact) mass is 651 g/mol. The van der Waals surface area contributed by atoms with Crippen molar-refractivity contribution in [3.63, 3.8) is 0 Å². The van der Waals surface area contributed by atoms with Gasteiger partial charge in [0, 0.05) is 18.7 Å². The van der Waals surface area contributed by atoms with E-state index in [-0.39, 0.29) is 17.9 Å². The van der Waals surface area contributed by atoms with Gasteiger partial charge < -0.3 is 10.4 Å². The summed E-state index contributed by atoms with van der Waals surface area (Å²) in [5, 5.41) is 21.6. The summed E-state index contributed by atoms with van der Waals surface area (Å²) in [4.78, 5) is 12.4. The number of amides is 1. The van der Waals surface area contributed by atoms with Crippen molar-refractivity contribution in [2.75, 3.05) is 17.6 Å². The van der Waals surface area contributed by atoms with E-state index >= 15 is 0 Å². The Kier molecular flexibility index (Phi) is 14.8. The Morgan fingerprint density at radius 1 is 0.860 bits per heavy atom. The van der Waals surface area contributed by atoms with Crippen molar-refractivity contribution in [1.82, 2.24) is 4.72 Å². The van der Waals surface area contributed by atoms with Crippen molar-refractivity contribution in [3.8, 4) is 6.07 Å². The van der Waals surface area contributed by atoms with E-state index in [1.54, 1.807) is 0 Å². The number of nitriles is 1. The van der Waals surface area contributed by atoms with Crippen LogP contribution in [0, 0.1) is 11.3 Å². The third-order valence-corrected chi connectivity index (χ3v) is 8.14. The van der Waals surface area contributed by atoms with Crippen molar-refractivity contribution in [3.05, 3.63) is 29.3 Å². The van der Waals surface area contributed by atoms with Crippen LogP contribution in [0.25, 0.3) is 0 Å². The molecule has 1 unspecified atom stereocenters. The molecule has 0 aliphatic carbocycles. The summed E-state index contributed by atoms with van der Waals surface area (Å²) < 4.78 is 127. The first-order chi connectivity index (χ1) is 19.7. The van der Waals surface area contributed by atoms with E-state index < -0.39 is 70.3 Å². The summed E-state index contributed by atoms with van der Waals surface area (Å²) in [5.41, 5.74) is -3.80. The second-order valence-electron chi connectivity index (χ2n) is 10.5. The van der Waals surface area contributed by atoms with Gasteiger partial charge in [-0.3, -0.25) is 4.79 Å². The maximum absolute atomic E-state index is 13.1. The fourth-order valence-corrected chi connectivity index (χ4v) is 5.27. The molecule has 0 bridgehead atoms. The summed E-state index contributed by atoms with van der Waals surface area (Å²) >= 11 is 0. The number of hydrogen-bond donors (Lipinski definition) is 3. The number of halogens is 8. The Labute approximate surface area is 246 Å². The Morgan fingerprint density at radius 2 is 1.40 bits per heavy atom. The maximum Gasteiger partial charge on any atom is 0.453 e. The molecule has 1 aromatic rings. The number of rotatable bonds is 19. The van der Waals surface area contributed by atoms with E-state index in [1.807, 2.05) is 4.72 Å². The number of unbranched alkanes of at least 4 members (excludes halogenated alkanes) is 8. The third kappa shape index (κ3) is 14.2. The molecule has 0 spiro atoms. The van der Waals surface area contributed by atoms with E-state index in [0.717, 1.165) is 44.2 Å². The van der Waals surface area contributed by atoms with Crippen molar-refractivity contribution < 1.29 is 53.4 Å². The van der Waals surface area contributed by atoms with Crippen LogP contribution in [0.1, 0.15) is 95.1 Å². The summed E-state index contributed by atoms with van der Waals surface area (Å²) in [6, 6.07) is 4.17. The van der Waals surface area contributed by atoms with Gasteiger partial charge in [-0.05, 0) is 44.4 Å². The zero-order chi connectivity index (χ0) is 33.0. The quantitative estimate of drug-likeness (QED) is 0.109. The molecule has 1 amide bonds. The summed E-state index contributed by atoms with van der Waals surface area (Å²) in [5.74, 6) is -5.99. The van der Waals surface area contributed by atoms with Gasteiger partial charge in [0.2, 0.25) is 10.0 Å². The van der Waals surface area contributed by atoms with Gasteiger partial charge in [0.15, 0.2) is 0 Å². The molecule has 246 valence electrons. The first kappa shape index (κ1) is 38.5. The van der Waals surface area contributed by atoms with Gasteiger partial charge in [0.1, 0.15) is 5.60 Å². The molecule has 7 nitrogen and oxygen atoms in total. The van der Waals surface area contributed by atoms with Crippen molar-refractivity contribution in [2.45, 2.75) is 108 Å². The van der Waals surface area contributed by atoms with Crippen LogP contribution in [-0.4, -0.2) is 49.4 Å². The van der Waals surface area contributed by atoms with E-state index in [2.05, 4.69) is 5.32 Å². The second-order valence-corrected chi connectivity index (χ2v) is 12.5. The van der Waals surface area contributed by atoms with Gasteiger partial charge >= 0.3 is 18.3 Å². The van der Waals surface area contributed by atoms with Crippen LogP contribution in [0.3, 0.4) is 0 Å². The SMILES string of the molecule is CC(O)(CCCCCCCCCCCS(=O)(=O)NCCCC(F)(F)C(F)(F)F)C(=O)Nc1ccc(C#N)c(C(F)(F)F)c1. The first-order valence-electron chi connectivity index (χ1n) is 13.8. The number of carbonyl (C=O) groups is 1. The van der Waals surface area contributed by atoms with Gasteiger partial charge in [0.25, 0.3) is 5.91 Å². The highest BCUT2D eigenvalue weighted by Crippen LogP contribution is 2.38. The molecule has 0 radical (unpaired) electrons. The second kappa shape index (κ2) is 16.5. The predicted octanol–water partition coefficient (Wildman–Crippen LogP) is 7.06. The number of nitrogens with one attached hydrogen (secondary N) is 2. The molecule has 0 heterocycles. The molecular weight excluding hydrogens is 614 g/mol. The molecule has 0 fully saturated rings. The molecule has 1 rings (SSSR count). The third-order valence-electron chi connectivity index (χ3n) is 6.67. The first-order valence-corrected chi connectivity index (χ1v) is 15.4. The van der Waals surface area contributed by atoms with Crippen LogP contribution in [0.4, 0.5) is 40.8 Å². The standard InChI is InChI=1S/C27H37F8N3O4S/c1-24(40,23(39)38-21-13-12-20(19-36)22(18-21)26(30,31)32)14-9-7-5-3-2-4-6-8-10-17-43(41,42)37-16-11-15-25(28,29)27(33,34)35/h12-13,18,37,40H,2-11,14-17H2,1H3,(H,38,39). The lowest BCUT2D eigenvalue weighted by Gasteiger charge is -2.22. The summed E-state index contributed by atoms with van der Waals surface area (Å²) in [6.07, 6.45) is -6.37. The topological polar surface area (TPSA) is 119 Å². The van der Waals surface area contributed by atoms with Crippen LogP contribution < -0.4 is 10.0 Å². The van der Waals surface area contributed by atoms with Gasteiger partial charge in [-0.2, -0.15) is 40.4 Å². The fourth-order valence-electron chi connectivity index (χ4n) is 4.08. The maximum atomic E-state index is 13.1. The van der Waals surface area contributed by atoms with Crippen LogP contribution in [0.2, 0.25) is 0 Å². The summed E-state index contributed by atoms with van der Waals surface area (Å²) in [7, 11) is -3.77. The molecule has 3 N–H and O–H groups in total. The highest BCUT2D eigenvalue weighted by atomic mass is 32.2. The lowest BCUT2D eigenvalue weighted by molar-refractivity contribution is -0.284. The van der Waals surface area contributed by atoms with Crippen molar-refractivity contribution >= 4 is 21.6 Å². The van der Waals surface area contributed by atoms with E-state index in [9.17, 15) is 53.4 Å². The molecule has 0 aromatic heterocycles. The highest BCUT2D eigenvalue weighted by molar-refractivity contribution is 7.89. The molecule has 0 aliphatic rings. The number of alkyl halides is 8. The zero-order valence-electron chi connectivity index (χ0n) is 23.7. The number of hydrogen-bond acceptors (Lipinski definition) is 5. The van der Waals surface area contributed by atoms with E-state index in [1.165, 1.54) is 13.0 Å². The van der Waals surface area contributed by atoms with Crippen LogP contribution in [-0.2, 0) is 21.0 Å². The van der Waals surface area contributed by atoms with E-state index in [4.69, 9.17) is 5.26 Å². The molecule has 1 aromatic carbocycles. The van der Waals surface area contributed by atoms with Gasteiger partial charge in [0.05, 0.1) is 22.9 Å². The molecule has 1 atom stereocenters. The summed E-state index contributed by atoms with van der Waals surface area (Å²) in [6.45, 7) is 0.757. The number of benzene rings is 1. The van der Waals surface area contributed by atoms with Crippen molar-refractivity contribution in [2.24, 2.45) is 0 Å². The lowest BCUT2D eigenvalue weighted by Crippen LogP contribution is -2.40.